The van der Waals surface area contributed by atoms with Gasteiger partial charge in [-0.2, -0.15) is 8.42 Å². The van der Waals surface area contributed by atoms with Crippen molar-refractivity contribution in [1.29, 1.82) is 0 Å². The highest BCUT2D eigenvalue weighted by Gasteiger charge is 2.46. The molecular weight excluding hydrogens is 524 g/mol. The Morgan fingerprint density at radius 3 is 2.50 bits per heavy atom. The third-order valence-electron chi connectivity index (χ3n) is 4.01. The number of fused-ring (bicyclic) bond motifs is 1. The Hall–Kier alpha value is -1.56. The molecule has 196 valence electrons. The number of aliphatic hydroxyl groups is 2. The van der Waals surface area contributed by atoms with Gasteiger partial charge in [-0.3, -0.25) is 13.7 Å². The van der Waals surface area contributed by atoms with E-state index in [0.717, 1.165) is 0 Å². The molecule has 2 aromatic rings. The van der Waals surface area contributed by atoms with E-state index in [2.05, 4.69) is 19.3 Å². The van der Waals surface area contributed by atoms with E-state index in [0.29, 0.717) is 29.9 Å². The van der Waals surface area contributed by atoms with Crippen LogP contribution in [-0.4, -0.2) is 98.6 Å². The maximum atomic E-state index is 10.5. The van der Waals surface area contributed by atoms with Crippen LogP contribution in [0, 0.1) is 0 Å². The molecule has 2 unspecified atom stereocenters. The van der Waals surface area contributed by atoms with Gasteiger partial charge in [-0.1, -0.05) is 0 Å². The standard InChI is InChI=1S/C14H23N6O3S.2H2O4S/c1-24(4-2-3-15)5-8-10(21)11(22)14(23-8)20-7-19-9-12(16)17-6-18-13(9)20;1-5(2,3)4;1-4-5(2)3/h6-8,10-11,14,21-22H,2-5,15H2,1H3,(H2,16,17,18);(H2,1,2,3,4);1H,(H,2,3)/q+1;;/p-2/t8-,10-,11-,14-,24?;;/m1../s1/i1D3;;. The Bertz CT molecular complexity index is 1120. The van der Waals surface area contributed by atoms with Gasteiger partial charge >= 0.3 is 10.4 Å². The average Bonchev–Trinajstić information content (AvgIpc) is 3.32. The number of nitrogens with zero attached hydrogens (tertiary/aromatic N) is 4. The van der Waals surface area contributed by atoms with Gasteiger partial charge in [0.1, 0.15) is 41.7 Å². The lowest BCUT2D eigenvalue weighted by atomic mass is 10.1. The minimum absolute atomic E-state index is 0.106. The zero-order valence-corrected chi connectivity index (χ0v) is 19.6. The number of aliphatic hydroxyl groups excluding tert-OH is 2. The molecule has 0 radical (unpaired) electrons. The fourth-order valence-electron chi connectivity index (χ4n) is 2.69. The second kappa shape index (κ2) is 14.1. The molecule has 0 aliphatic carbocycles. The van der Waals surface area contributed by atoms with Crippen LogP contribution in [0.5, 0.6) is 0 Å². The molecule has 1 fully saturated rings. The molecular formula is C14H25N6O11S3-. The Balaban J connectivity index is 0.000000583. The predicted molar refractivity (Wildman–Crippen MR) is 117 cm³/mol. The molecule has 0 bridgehead atoms. The number of rotatable bonds is 7. The molecule has 0 spiro atoms. The number of ether oxygens (including phenoxy) is 1. The third kappa shape index (κ3) is 9.97. The van der Waals surface area contributed by atoms with Crippen LogP contribution >= 0.6 is 0 Å². The van der Waals surface area contributed by atoms with Crippen LogP contribution in [0.25, 0.3) is 11.2 Å². The van der Waals surface area contributed by atoms with Crippen molar-refractivity contribution < 1.29 is 54.9 Å². The molecule has 0 amide bonds. The smallest absolute Gasteiger partial charge is 0.394 e. The van der Waals surface area contributed by atoms with Crippen molar-refractivity contribution in [2.75, 3.05) is 30.0 Å². The SMILES string of the molecule is O=S(=O)(O)O.O=S([O-])O[O-].[2H]C([2H])([2H])[S+](CCCN)C[C@H]1O[C@@H](n2cnc3c(N)ncnc32)[C@H](O)[C@@H]1O. The number of nitrogen functional groups attached to an aromatic ring is 1. The van der Waals surface area contributed by atoms with Crippen molar-refractivity contribution in [3.05, 3.63) is 12.7 Å². The van der Waals surface area contributed by atoms with Crippen LogP contribution in [0.1, 0.15) is 16.8 Å². The van der Waals surface area contributed by atoms with E-state index in [9.17, 15) is 10.2 Å². The number of nitrogens with two attached hydrogens (primary N) is 2. The molecule has 2 aromatic heterocycles. The van der Waals surface area contributed by atoms with Crippen LogP contribution < -0.4 is 16.7 Å². The van der Waals surface area contributed by atoms with E-state index < -0.39 is 63.4 Å². The summed E-state index contributed by atoms with van der Waals surface area (Å²) in [5, 5.41) is 29.4. The highest BCUT2D eigenvalue weighted by Crippen LogP contribution is 2.32. The molecule has 3 heterocycles. The van der Waals surface area contributed by atoms with Crippen molar-refractivity contribution in [2.45, 2.75) is 31.0 Å². The second-order valence-corrected chi connectivity index (χ2v) is 9.52. The van der Waals surface area contributed by atoms with Gasteiger partial charge in [0.2, 0.25) is 0 Å². The molecule has 0 saturated carbocycles. The Labute approximate surface area is 203 Å². The van der Waals surface area contributed by atoms with Gasteiger partial charge in [0.15, 0.2) is 17.7 Å². The Morgan fingerprint density at radius 2 is 1.97 bits per heavy atom. The van der Waals surface area contributed by atoms with Gasteiger partial charge in [-0.05, 0) is 17.4 Å². The van der Waals surface area contributed by atoms with Gasteiger partial charge in [0.25, 0.3) is 0 Å². The summed E-state index contributed by atoms with van der Waals surface area (Å²) in [6.45, 7) is 0.390. The van der Waals surface area contributed by atoms with E-state index in [1.54, 1.807) is 0 Å². The molecule has 8 N–H and O–H groups in total. The van der Waals surface area contributed by atoms with Gasteiger partial charge in [-0.15, -0.1) is 0 Å². The van der Waals surface area contributed by atoms with Gasteiger partial charge in [0.05, 0.1) is 28.0 Å². The minimum Gasteiger partial charge on any atom is -0.750 e. The first-order valence-electron chi connectivity index (χ1n) is 10.4. The lowest BCUT2D eigenvalue weighted by Crippen LogP contribution is -2.35. The molecule has 6 atom stereocenters. The van der Waals surface area contributed by atoms with Gasteiger partial charge in [-0.25, -0.2) is 19.2 Å². The molecule has 3 rings (SSSR count). The molecule has 17 nitrogen and oxygen atoms in total. The highest BCUT2D eigenvalue weighted by atomic mass is 32.3. The van der Waals surface area contributed by atoms with Gasteiger partial charge < -0.3 is 40.6 Å². The summed E-state index contributed by atoms with van der Waals surface area (Å²) < 4.78 is 82.1. The van der Waals surface area contributed by atoms with E-state index in [1.807, 2.05) is 0 Å². The van der Waals surface area contributed by atoms with Crippen molar-refractivity contribution in [1.82, 2.24) is 19.5 Å². The zero-order valence-electron chi connectivity index (χ0n) is 20.1. The normalized spacial score (nSPS) is 25.7. The molecule has 20 heteroatoms. The Kier molecular flexibility index (Phi) is 10.6. The third-order valence-corrected chi connectivity index (χ3v) is 5.64. The van der Waals surface area contributed by atoms with E-state index in [-0.39, 0.29) is 11.6 Å². The molecule has 0 aromatic carbocycles. The van der Waals surface area contributed by atoms with Gasteiger partial charge in [0, 0.05) is 6.42 Å². The summed E-state index contributed by atoms with van der Waals surface area (Å²) in [5.74, 6) is 0.710. The first-order valence-corrected chi connectivity index (χ1v) is 12.9. The number of imidazole rings is 1. The molecule has 1 saturated heterocycles. The largest absolute Gasteiger partial charge is 0.750 e. The summed E-state index contributed by atoms with van der Waals surface area (Å²) in [7, 11) is -5.67. The lowest BCUT2D eigenvalue weighted by Gasteiger charge is -2.16. The zero-order chi connectivity index (χ0) is 28.6. The number of anilines is 1. The number of aromatic nitrogens is 4. The maximum Gasteiger partial charge on any atom is 0.394 e. The molecule has 1 aliphatic heterocycles. The van der Waals surface area contributed by atoms with Crippen LogP contribution in [0.3, 0.4) is 0 Å². The quantitative estimate of drug-likeness (QED) is 0.0627. The second-order valence-electron chi connectivity index (χ2n) is 6.36. The highest BCUT2D eigenvalue weighted by molar-refractivity contribution is 7.96. The topological polar surface area (TPSA) is 292 Å². The van der Waals surface area contributed by atoms with Crippen LogP contribution in [0.2, 0.25) is 0 Å². The summed E-state index contributed by atoms with van der Waals surface area (Å²) in [6, 6.07) is 0. The van der Waals surface area contributed by atoms with Crippen molar-refractivity contribution in [2.24, 2.45) is 5.73 Å². The van der Waals surface area contributed by atoms with E-state index >= 15 is 0 Å². The number of hydrogen-bond acceptors (Lipinski definition) is 14. The van der Waals surface area contributed by atoms with Crippen LogP contribution in [0.15, 0.2) is 12.7 Å². The maximum absolute atomic E-state index is 10.5. The van der Waals surface area contributed by atoms with E-state index in [1.165, 1.54) is 17.2 Å². The average molecular weight is 553 g/mol. The predicted octanol–water partition coefficient (Wildman–Crippen LogP) is -3.96. The summed E-state index contributed by atoms with van der Waals surface area (Å²) in [4.78, 5) is 12.1. The van der Waals surface area contributed by atoms with Crippen molar-refractivity contribution in [3.8, 4) is 0 Å². The van der Waals surface area contributed by atoms with Crippen LogP contribution in [0.4, 0.5) is 5.82 Å². The number of hydrogen-bond donors (Lipinski definition) is 6. The summed E-state index contributed by atoms with van der Waals surface area (Å²) in [5.41, 5.74) is 12.0. The summed E-state index contributed by atoms with van der Waals surface area (Å²) in [6.07, 6.45) is -3.23. The fourth-order valence-corrected chi connectivity index (χ4v) is 4.05. The van der Waals surface area contributed by atoms with Crippen molar-refractivity contribution >= 4 is 49.6 Å². The summed E-state index contributed by atoms with van der Waals surface area (Å²) >= 11 is -2.88. The van der Waals surface area contributed by atoms with E-state index in [4.69, 9.17) is 51.9 Å². The fraction of sp³-hybridized carbons (Fsp3) is 0.643. The monoisotopic (exact) mass is 552 g/mol. The Morgan fingerprint density at radius 1 is 1.35 bits per heavy atom. The minimum atomic E-state index is -4.67. The molecule has 34 heavy (non-hydrogen) atoms. The van der Waals surface area contributed by atoms with Crippen molar-refractivity contribution in [3.63, 3.8) is 0 Å². The molecule has 1 aliphatic rings. The first kappa shape index (κ1) is 25.5. The first-order chi connectivity index (χ1) is 17.0. The lowest BCUT2D eigenvalue weighted by molar-refractivity contribution is -0.635. The van der Waals surface area contributed by atoms with Crippen LogP contribution in [-0.2, 0) is 41.7 Å².